The standard InChI is InChI=1S/C6H9Cl2NO2/c1-11-6(10)5-4(8)3(7)2-9-5/h3-5,9H,2H2,1H3/t3-,4-,5+/m1/s1. The molecule has 0 aromatic rings. The third-order valence-corrected chi connectivity index (χ3v) is 2.76. The first-order chi connectivity index (χ1) is 5.16. The molecule has 1 aliphatic heterocycles. The van der Waals surface area contributed by atoms with Crippen molar-refractivity contribution in [2.24, 2.45) is 0 Å². The summed E-state index contributed by atoms with van der Waals surface area (Å²) in [4.78, 5) is 10.9. The van der Waals surface area contributed by atoms with Gasteiger partial charge in [0.1, 0.15) is 6.04 Å². The molecule has 0 radical (unpaired) electrons. The Bertz CT molecular complexity index is 165. The number of nitrogens with one attached hydrogen (secondary N) is 1. The quantitative estimate of drug-likeness (QED) is 0.487. The number of ether oxygens (including phenoxy) is 1. The highest BCUT2D eigenvalue weighted by atomic mass is 35.5. The first-order valence-corrected chi connectivity index (χ1v) is 4.13. The van der Waals surface area contributed by atoms with Gasteiger partial charge >= 0.3 is 5.97 Å². The molecular formula is C6H9Cl2NO2. The number of hydrogen-bond acceptors (Lipinski definition) is 3. The normalized spacial score (nSPS) is 37.2. The lowest BCUT2D eigenvalue weighted by Crippen LogP contribution is -2.37. The maximum Gasteiger partial charge on any atom is 0.324 e. The fourth-order valence-corrected chi connectivity index (χ4v) is 1.53. The topological polar surface area (TPSA) is 38.3 Å². The van der Waals surface area contributed by atoms with Crippen LogP contribution in [-0.4, -0.2) is 36.4 Å². The fourth-order valence-electron chi connectivity index (χ4n) is 1.01. The van der Waals surface area contributed by atoms with Crippen LogP contribution >= 0.6 is 23.2 Å². The summed E-state index contributed by atoms with van der Waals surface area (Å²) in [6.45, 7) is 0.551. The Morgan fingerprint density at radius 3 is 2.64 bits per heavy atom. The summed E-state index contributed by atoms with van der Waals surface area (Å²) >= 11 is 11.6. The van der Waals surface area contributed by atoms with Crippen LogP contribution in [0.25, 0.3) is 0 Å². The minimum atomic E-state index is -0.454. The molecule has 0 aliphatic carbocycles. The van der Waals surface area contributed by atoms with Crippen molar-refractivity contribution in [3.8, 4) is 0 Å². The Kier molecular flexibility index (Phi) is 2.98. The molecule has 1 fully saturated rings. The highest BCUT2D eigenvalue weighted by Crippen LogP contribution is 2.20. The van der Waals surface area contributed by atoms with Crippen molar-refractivity contribution in [1.29, 1.82) is 0 Å². The van der Waals surface area contributed by atoms with Crippen LogP contribution < -0.4 is 5.32 Å². The maximum atomic E-state index is 10.9. The predicted octanol–water partition coefficient (Wildman–Crippen LogP) is 0.346. The van der Waals surface area contributed by atoms with Gasteiger partial charge in [-0.2, -0.15) is 0 Å². The zero-order valence-electron chi connectivity index (χ0n) is 6.01. The number of hydrogen-bond donors (Lipinski definition) is 1. The first kappa shape index (κ1) is 9.10. The van der Waals surface area contributed by atoms with Crippen molar-refractivity contribution in [1.82, 2.24) is 5.32 Å². The van der Waals surface area contributed by atoms with Crippen molar-refractivity contribution in [3.05, 3.63) is 0 Å². The van der Waals surface area contributed by atoms with Crippen molar-refractivity contribution in [2.75, 3.05) is 13.7 Å². The second-order valence-corrected chi connectivity index (χ2v) is 3.43. The molecule has 5 heteroatoms. The third-order valence-electron chi connectivity index (χ3n) is 1.65. The fraction of sp³-hybridized carbons (Fsp3) is 0.833. The van der Waals surface area contributed by atoms with E-state index in [-0.39, 0.29) is 16.7 Å². The average Bonchev–Trinajstić information content (AvgIpc) is 2.32. The molecule has 1 heterocycles. The molecule has 11 heavy (non-hydrogen) atoms. The molecule has 0 aromatic carbocycles. The number of halogens is 2. The van der Waals surface area contributed by atoms with E-state index in [1.165, 1.54) is 7.11 Å². The molecule has 0 bridgehead atoms. The zero-order valence-corrected chi connectivity index (χ0v) is 7.52. The summed E-state index contributed by atoms with van der Waals surface area (Å²) in [6, 6.07) is -0.454. The Balaban J connectivity index is 2.54. The van der Waals surface area contributed by atoms with E-state index >= 15 is 0 Å². The highest BCUT2D eigenvalue weighted by Gasteiger charge is 2.38. The summed E-state index contributed by atoms with van der Waals surface area (Å²) in [5.41, 5.74) is 0. The van der Waals surface area contributed by atoms with Crippen LogP contribution in [0, 0.1) is 0 Å². The molecule has 0 spiro atoms. The number of alkyl halides is 2. The van der Waals surface area contributed by atoms with Crippen molar-refractivity contribution >= 4 is 29.2 Å². The van der Waals surface area contributed by atoms with Crippen LogP contribution in [0.1, 0.15) is 0 Å². The molecule has 64 valence electrons. The third kappa shape index (κ3) is 1.78. The van der Waals surface area contributed by atoms with Gasteiger partial charge in [-0.1, -0.05) is 0 Å². The van der Waals surface area contributed by atoms with E-state index in [1.807, 2.05) is 0 Å². The highest BCUT2D eigenvalue weighted by molar-refractivity contribution is 6.31. The zero-order chi connectivity index (χ0) is 8.43. The molecule has 0 aromatic heterocycles. The number of rotatable bonds is 1. The Morgan fingerprint density at radius 2 is 2.27 bits per heavy atom. The molecule has 1 N–H and O–H groups in total. The smallest absolute Gasteiger partial charge is 0.324 e. The number of methoxy groups -OCH3 is 1. The summed E-state index contributed by atoms with van der Waals surface area (Å²) in [7, 11) is 1.33. The molecule has 0 unspecified atom stereocenters. The summed E-state index contributed by atoms with van der Waals surface area (Å²) in [5.74, 6) is -0.354. The minimum absolute atomic E-state index is 0.194. The van der Waals surface area contributed by atoms with E-state index in [9.17, 15) is 4.79 Å². The molecule has 1 rings (SSSR count). The molecule has 1 aliphatic rings. The average molecular weight is 198 g/mol. The Morgan fingerprint density at radius 1 is 1.64 bits per heavy atom. The number of carbonyl (C=O) groups excluding carboxylic acids is 1. The van der Waals surface area contributed by atoms with Gasteiger partial charge in [0, 0.05) is 6.54 Å². The summed E-state index contributed by atoms with van der Waals surface area (Å²) in [6.07, 6.45) is 0. The second kappa shape index (κ2) is 3.61. The Hall–Kier alpha value is 0.01000. The number of esters is 1. The van der Waals surface area contributed by atoms with E-state index in [4.69, 9.17) is 23.2 Å². The molecule has 0 saturated carbocycles. The maximum absolute atomic E-state index is 10.9. The molecule has 3 atom stereocenters. The van der Waals surface area contributed by atoms with Gasteiger partial charge in [-0.15, -0.1) is 23.2 Å². The molecule has 0 amide bonds. The monoisotopic (exact) mass is 197 g/mol. The second-order valence-electron chi connectivity index (χ2n) is 2.37. The van der Waals surface area contributed by atoms with Crippen LogP contribution in [0.3, 0.4) is 0 Å². The van der Waals surface area contributed by atoms with Gasteiger partial charge in [-0.25, -0.2) is 0 Å². The van der Waals surface area contributed by atoms with Gasteiger partial charge in [-0.05, 0) is 0 Å². The van der Waals surface area contributed by atoms with Gasteiger partial charge in [-0.3, -0.25) is 4.79 Å². The van der Waals surface area contributed by atoms with E-state index in [1.54, 1.807) is 0 Å². The van der Waals surface area contributed by atoms with Crippen LogP contribution in [0.2, 0.25) is 0 Å². The van der Waals surface area contributed by atoms with Gasteiger partial charge in [0.15, 0.2) is 0 Å². The van der Waals surface area contributed by atoms with Gasteiger partial charge in [0.2, 0.25) is 0 Å². The summed E-state index contributed by atoms with van der Waals surface area (Å²) in [5, 5.41) is 2.30. The van der Waals surface area contributed by atoms with E-state index in [0.29, 0.717) is 6.54 Å². The number of carbonyl (C=O) groups is 1. The lowest BCUT2D eigenvalue weighted by Gasteiger charge is -2.11. The first-order valence-electron chi connectivity index (χ1n) is 3.26. The minimum Gasteiger partial charge on any atom is -0.468 e. The molecule has 3 nitrogen and oxygen atoms in total. The molecule has 1 saturated heterocycles. The van der Waals surface area contributed by atoms with Gasteiger partial charge in [0.05, 0.1) is 17.9 Å². The van der Waals surface area contributed by atoms with E-state index < -0.39 is 6.04 Å². The lowest BCUT2D eigenvalue weighted by atomic mass is 10.2. The van der Waals surface area contributed by atoms with Crippen molar-refractivity contribution < 1.29 is 9.53 Å². The van der Waals surface area contributed by atoms with Crippen molar-refractivity contribution in [3.63, 3.8) is 0 Å². The predicted molar refractivity (Wildman–Crippen MR) is 43.1 cm³/mol. The van der Waals surface area contributed by atoms with Crippen LogP contribution in [0.5, 0.6) is 0 Å². The van der Waals surface area contributed by atoms with Gasteiger partial charge in [0.25, 0.3) is 0 Å². The van der Waals surface area contributed by atoms with Gasteiger partial charge < -0.3 is 10.1 Å². The largest absolute Gasteiger partial charge is 0.468 e. The van der Waals surface area contributed by atoms with Crippen LogP contribution in [0.4, 0.5) is 0 Å². The van der Waals surface area contributed by atoms with Crippen LogP contribution in [0.15, 0.2) is 0 Å². The molecular weight excluding hydrogens is 189 g/mol. The Labute approximate surface area is 75.0 Å². The summed E-state index contributed by atoms with van der Waals surface area (Å²) < 4.78 is 4.51. The SMILES string of the molecule is COC(=O)[C@H]1NC[C@@H](Cl)[C@H]1Cl. The lowest BCUT2D eigenvalue weighted by molar-refractivity contribution is -0.142. The van der Waals surface area contributed by atoms with E-state index in [2.05, 4.69) is 10.1 Å². The van der Waals surface area contributed by atoms with E-state index in [0.717, 1.165) is 0 Å². The van der Waals surface area contributed by atoms with Crippen molar-refractivity contribution in [2.45, 2.75) is 16.8 Å². The van der Waals surface area contributed by atoms with Crippen LogP contribution in [-0.2, 0) is 9.53 Å².